The van der Waals surface area contributed by atoms with Gasteiger partial charge < -0.3 is 10.1 Å². The summed E-state index contributed by atoms with van der Waals surface area (Å²) >= 11 is 5.67. The first-order valence-corrected chi connectivity index (χ1v) is 6.43. The highest BCUT2D eigenvalue weighted by Crippen LogP contribution is 2.22. The van der Waals surface area contributed by atoms with Crippen molar-refractivity contribution in [1.82, 2.24) is 10.2 Å². The number of hydrogen-bond donors (Lipinski definition) is 2. The molecule has 0 fully saturated rings. The van der Waals surface area contributed by atoms with E-state index in [2.05, 4.69) is 15.5 Å². The van der Waals surface area contributed by atoms with E-state index in [4.69, 9.17) is 16.3 Å². The van der Waals surface area contributed by atoms with Crippen LogP contribution < -0.4 is 5.32 Å². The van der Waals surface area contributed by atoms with Crippen LogP contribution in [0.1, 0.15) is 21.7 Å². The van der Waals surface area contributed by atoms with Crippen molar-refractivity contribution >= 4 is 23.2 Å². The molecule has 0 unspecified atom stereocenters. The summed E-state index contributed by atoms with van der Waals surface area (Å²) in [5.41, 5.74) is 2.38. The van der Waals surface area contributed by atoms with E-state index in [1.165, 1.54) is 18.2 Å². The van der Waals surface area contributed by atoms with Crippen LogP contribution in [-0.2, 0) is 17.8 Å². The molecule has 0 saturated heterocycles. The van der Waals surface area contributed by atoms with Crippen molar-refractivity contribution in [3.8, 4) is 0 Å². The van der Waals surface area contributed by atoms with Crippen LogP contribution in [0.2, 0.25) is 5.02 Å². The smallest absolute Gasteiger partial charge is 0.276 e. The molecule has 1 aromatic heterocycles. The fourth-order valence-corrected chi connectivity index (χ4v) is 2.24. The van der Waals surface area contributed by atoms with Crippen molar-refractivity contribution in [2.45, 2.75) is 13.0 Å². The molecule has 2 N–H and O–H groups in total. The maximum Gasteiger partial charge on any atom is 0.276 e. The number of aromatic nitrogens is 2. The summed E-state index contributed by atoms with van der Waals surface area (Å²) in [4.78, 5) is 12.2. The lowest BCUT2D eigenvalue weighted by atomic mass is 10.1. The minimum Gasteiger partial charge on any atom is -0.376 e. The van der Waals surface area contributed by atoms with Gasteiger partial charge in [-0.25, -0.2) is 4.39 Å². The molecule has 5 nitrogen and oxygen atoms in total. The summed E-state index contributed by atoms with van der Waals surface area (Å²) in [5, 5.41) is 9.43. The summed E-state index contributed by atoms with van der Waals surface area (Å²) < 4.78 is 18.4. The first-order valence-electron chi connectivity index (χ1n) is 6.05. The average Bonchev–Trinajstić information content (AvgIpc) is 2.87. The van der Waals surface area contributed by atoms with Gasteiger partial charge in [-0.1, -0.05) is 11.6 Å². The number of rotatable bonds is 2. The molecule has 2 heterocycles. The van der Waals surface area contributed by atoms with Crippen molar-refractivity contribution in [2.24, 2.45) is 0 Å². The van der Waals surface area contributed by atoms with Crippen molar-refractivity contribution in [3.63, 3.8) is 0 Å². The number of amides is 1. The summed E-state index contributed by atoms with van der Waals surface area (Å²) in [7, 11) is 0. The average molecular weight is 296 g/mol. The highest BCUT2D eigenvalue weighted by molar-refractivity contribution is 6.31. The summed E-state index contributed by atoms with van der Waals surface area (Å²) in [6.45, 7) is 0.975. The topological polar surface area (TPSA) is 67.0 Å². The van der Waals surface area contributed by atoms with Crippen LogP contribution >= 0.6 is 11.6 Å². The second-order valence-electron chi connectivity index (χ2n) is 4.41. The van der Waals surface area contributed by atoms with Crippen molar-refractivity contribution in [2.75, 3.05) is 11.9 Å². The number of halogens is 2. The number of carbonyl (C=O) groups is 1. The normalized spacial score (nSPS) is 13.9. The Labute approximate surface area is 119 Å². The number of carbonyl (C=O) groups excluding carboxylic acids is 1. The second-order valence-corrected chi connectivity index (χ2v) is 4.82. The van der Waals surface area contributed by atoms with Gasteiger partial charge in [-0.2, -0.15) is 5.10 Å². The zero-order valence-corrected chi connectivity index (χ0v) is 11.1. The molecule has 1 aliphatic rings. The van der Waals surface area contributed by atoms with E-state index in [9.17, 15) is 9.18 Å². The Morgan fingerprint density at radius 2 is 2.35 bits per heavy atom. The lowest BCUT2D eigenvalue weighted by Crippen LogP contribution is -2.17. The number of nitrogens with zero attached hydrogens (tertiary/aromatic N) is 1. The Morgan fingerprint density at radius 1 is 1.50 bits per heavy atom. The minimum atomic E-state index is -0.532. The lowest BCUT2D eigenvalue weighted by molar-refractivity contribution is 0.0985. The van der Waals surface area contributed by atoms with Gasteiger partial charge in [0.15, 0.2) is 5.69 Å². The summed E-state index contributed by atoms with van der Waals surface area (Å²) in [6, 6.07) is 3.99. The van der Waals surface area contributed by atoms with Gasteiger partial charge in [-0.3, -0.25) is 9.89 Å². The van der Waals surface area contributed by atoms with Crippen LogP contribution in [-0.4, -0.2) is 22.7 Å². The second kappa shape index (κ2) is 5.22. The fourth-order valence-electron chi connectivity index (χ4n) is 2.06. The largest absolute Gasteiger partial charge is 0.376 e. The Morgan fingerprint density at radius 3 is 3.15 bits per heavy atom. The Hall–Kier alpha value is -1.92. The molecule has 0 aliphatic carbocycles. The number of anilines is 1. The lowest BCUT2D eigenvalue weighted by Gasteiger charge is -2.12. The van der Waals surface area contributed by atoms with Gasteiger partial charge in [-0.05, 0) is 18.2 Å². The molecule has 0 saturated carbocycles. The third-order valence-corrected chi connectivity index (χ3v) is 3.38. The van der Waals surface area contributed by atoms with Crippen LogP contribution in [0.4, 0.5) is 10.1 Å². The zero-order chi connectivity index (χ0) is 14.1. The number of hydrogen-bond acceptors (Lipinski definition) is 3. The van der Waals surface area contributed by atoms with Crippen LogP contribution in [0, 0.1) is 5.82 Å². The molecule has 1 amide bonds. The fraction of sp³-hybridized carbons (Fsp3) is 0.231. The third-order valence-electron chi connectivity index (χ3n) is 3.09. The van der Waals surface area contributed by atoms with Gasteiger partial charge >= 0.3 is 0 Å². The predicted molar refractivity (Wildman–Crippen MR) is 71.3 cm³/mol. The van der Waals surface area contributed by atoms with Gasteiger partial charge in [0.2, 0.25) is 0 Å². The van der Waals surface area contributed by atoms with E-state index >= 15 is 0 Å². The molecule has 104 valence electrons. The standard InChI is InChI=1S/C13H11ClFN3O2/c14-9-5-7(1-2-10(9)15)16-13(19)12-8-6-20-4-3-11(8)17-18-12/h1-2,5H,3-4,6H2,(H,16,19)(H,17,18). The molecule has 7 heteroatoms. The summed E-state index contributed by atoms with van der Waals surface area (Å²) in [6.07, 6.45) is 0.706. The predicted octanol–water partition coefficient (Wildman–Crippen LogP) is 2.53. The molecule has 0 atom stereocenters. The van der Waals surface area contributed by atoms with Crippen LogP contribution in [0.25, 0.3) is 0 Å². The maximum absolute atomic E-state index is 13.1. The molecule has 0 radical (unpaired) electrons. The monoisotopic (exact) mass is 295 g/mol. The number of nitrogens with one attached hydrogen (secondary N) is 2. The van der Waals surface area contributed by atoms with E-state index in [0.29, 0.717) is 31.0 Å². The van der Waals surface area contributed by atoms with Crippen LogP contribution in [0.3, 0.4) is 0 Å². The molecule has 1 aromatic carbocycles. The molecule has 0 spiro atoms. The number of ether oxygens (including phenoxy) is 1. The first-order chi connectivity index (χ1) is 9.65. The summed E-state index contributed by atoms with van der Waals surface area (Å²) in [5.74, 6) is -0.911. The van der Waals surface area contributed by atoms with E-state index in [0.717, 1.165) is 11.3 Å². The highest BCUT2D eigenvalue weighted by atomic mass is 35.5. The minimum absolute atomic E-state index is 0.0461. The molecular weight excluding hydrogens is 285 g/mol. The van der Waals surface area contributed by atoms with Gasteiger partial charge in [0.1, 0.15) is 5.82 Å². The van der Waals surface area contributed by atoms with E-state index in [-0.39, 0.29) is 10.9 Å². The van der Waals surface area contributed by atoms with Gasteiger partial charge in [0, 0.05) is 23.4 Å². The first kappa shape index (κ1) is 13.1. The van der Waals surface area contributed by atoms with Gasteiger partial charge in [-0.15, -0.1) is 0 Å². The van der Waals surface area contributed by atoms with Crippen molar-refractivity contribution in [1.29, 1.82) is 0 Å². The van der Waals surface area contributed by atoms with Crippen LogP contribution in [0.15, 0.2) is 18.2 Å². The molecule has 2 aromatic rings. The van der Waals surface area contributed by atoms with E-state index in [1.54, 1.807) is 0 Å². The number of fused-ring (bicyclic) bond motifs is 1. The SMILES string of the molecule is O=C(Nc1ccc(F)c(Cl)c1)c1n[nH]c2c1COCC2. The van der Waals surface area contributed by atoms with Crippen molar-refractivity contribution in [3.05, 3.63) is 46.0 Å². The Kier molecular flexibility index (Phi) is 3.42. The Bertz CT molecular complexity index is 672. The number of H-pyrrole nitrogens is 1. The van der Waals surface area contributed by atoms with E-state index in [1.807, 2.05) is 0 Å². The molecule has 1 aliphatic heterocycles. The number of benzene rings is 1. The molecule has 3 rings (SSSR count). The van der Waals surface area contributed by atoms with E-state index < -0.39 is 5.82 Å². The quantitative estimate of drug-likeness (QED) is 0.894. The van der Waals surface area contributed by atoms with Crippen molar-refractivity contribution < 1.29 is 13.9 Å². The molecule has 0 bridgehead atoms. The molecule has 20 heavy (non-hydrogen) atoms. The maximum atomic E-state index is 13.1. The van der Waals surface area contributed by atoms with Gasteiger partial charge in [0.25, 0.3) is 5.91 Å². The van der Waals surface area contributed by atoms with Gasteiger partial charge in [0.05, 0.1) is 18.2 Å². The zero-order valence-electron chi connectivity index (χ0n) is 10.4. The molecular formula is C13H11ClFN3O2. The number of aromatic amines is 1. The Balaban J connectivity index is 1.82. The van der Waals surface area contributed by atoms with Crippen LogP contribution in [0.5, 0.6) is 0 Å². The third kappa shape index (κ3) is 2.39. The highest BCUT2D eigenvalue weighted by Gasteiger charge is 2.22.